The summed E-state index contributed by atoms with van der Waals surface area (Å²) in [7, 11) is -3.70. The lowest BCUT2D eigenvalue weighted by atomic mass is 10.1. The first kappa shape index (κ1) is 16.1. The van der Waals surface area contributed by atoms with E-state index < -0.39 is 21.6 Å². The summed E-state index contributed by atoms with van der Waals surface area (Å²) in [5.74, 6) is -1.01. The first-order valence-corrected chi connectivity index (χ1v) is 7.99. The van der Waals surface area contributed by atoms with Gasteiger partial charge < -0.3 is 10.2 Å². The number of sulfonamides is 1. The maximum Gasteiger partial charge on any atom is 0.308 e. The smallest absolute Gasteiger partial charge is 0.308 e. The molecule has 3 N–H and O–H groups in total. The third kappa shape index (κ3) is 4.90. The number of hydrogen-bond donors (Lipinski definition) is 3. The van der Waals surface area contributed by atoms with Crippen molar-refractivity contribution >= 4 is 27.3 Å². The van der Waals surface area contributed by atoms with E-state index in [1.165, 1.54) is 12.1 Å². The summed E-state index contributed by atoms with van der Waals surface area (Å²) in [6.07, 6.45) is 0.219. The second-order valence-corrected chi connectivity index (χ2v) is 7.63. The molecule has 0 saturated carbocycles. The van der Waals surface area contributed by atoms with Crippen molar-refractivity contribution in [2.75, 3.05) is 6.54 Å². The van der Waals surface area contributed by atoms with E-state index in [9.17, 15) is 18.3 Å². The van der Waals surface area contributed by atoms with Crippen molar-refractivity contribution in [3.63, 3.8) is 0 Å². The van der Waals surface area contributed by atoms with Crippen LogP contribution >= 0.6 is 11.3 Å². The van der Waals surface area contributed by atoms with Gasteiger partial charge in [0.2, 0.25) is 10.0 Å². The van der Waals surface area contributed by atoms with Gasteiger partial charge in [0.05, 0.1) is 12.0 Å². The summed E-state index contributed by atoms with van der Waals surface area (Å²) < 4.78 is 26.2. The highest BCUT2D eigenvalue weighted by atomic mass is 32.2. The summed E-state index contributed by atoms with van der Waals surface area (Å²) in [5, 5.41) is 18.4. The van der Waals surface area contributed by atoms with E-state index in [0.717, 1.165) is 11.3 Å². The molecule has 0 aromatic carbocycles. The Morgan fingerprint density at radius 1 is 1.47 bits per heavy atom. The molecule has 19 heavy (non-hydrogen) atoms. The Hall–Kier alpha value is -0.960. The summed E-state index contributed by atoms with van der Waals surface area (Å²) in [5.41, 5.74) is -1.10. The summed E-state index contributed by atoms with van der Waals surface area (Å²) in [4.78, 5) is 11.0. The zero-order valence-corrected chi connectivity index (χ0v) is 12.3. The van der Waals surface area contributed by atoms with Crippen molar-refractivity contribution < 1.29 is 23.4 Å². The molecule has 1 unspecified atom stereocenters. The van der Waals surface area contributed by atoms with E-state index in [4.69, 9.17) is 5.11 Å². The van der Waals surface area contributed by atoms with Crippen LogP contribution in [0.4, 0.5) is 0 Å². The molecule has 1 aromatic heterocycles. The number of carboxylic acid groups (broad SMARTS) is 1. The van der Waals surface area contributed by atoms with Crippen molar-refractivity contribution in [2.24, 2.45) is 0 Å². The van der Waals surface area contributed by atoms with Crippen LogP contribution in [0.5, 0.6) is 0 Å². The van der Waals surface area contributed by atoms with Gasteiger partial charge >= 0.3 is 5.97 Å². The Balaban J connectivity index is 2.78. The summed E-state index contributed by atoms with van der Waals surface area (Å²) in [6.45, 7) is 3.21. The molecule has 0 aliphatic carbocycles. The normalized spacial score (nSPS) is 15.1. The Kier molecular flexibility index (Phi) is 5.08. The van der Waals surface area contributed by atoms with Crippen LogP contribution in [0, 0.1) is 0 Å². The minimum atomic E-state index is -3.70. The molecule has 108 valence electrons. The Morgan fingerprint density at radius 3 is 2.63 bits per heavy atom. The van der Waals surface area contributed by atoms with Gasteiger partial charge in [-0.1, -0.05) is 6.92 Å². The first-order valence-electron chi connectivity index (χ1n) is 5.69. The number of aliphatic hydroxyl groups is 1. The molecule has 1 rings (SSSR count). The lowest BCUT2D eigenvalue weighted by molar-refractivity contribution is -0.136. The van der Waals surface area contributed by atoms with Crippen molar-refractivity contribution in [2.45, 2.75) is 36.5 Å². The highest BCUT2D eigenvalue weighted by Crippen LogP contribution is 2.22. The SMILES string of the molecule is CCC(C)(O)CNS(=O)(=O)c1ccc(CC(=O)O)s1. The van der Waals surface area contributed by atoms with Gasteiger partial charge in [-0.05, 0) is 25.5 Å². The van der Waals surface area contributed by atoms with Crippen LogP contribution in [0.2, 0.25) is 0 Å². The van der Waals surface area contributed by atoms with E-state index in [-0.39, 0.29) is 17.2 Å². The molecule has 1 atom stereocenters. The summed E-state index contributed by atoms with van der Waals surface area (Å²) in [6, 6.07) is 2.84. The Morgan fingerprint density at radius 2 is 2.11 bits per heavy atom. The van der Waals surface area contributed by atoms with Gasteiger partial charge in [0.25, 0.3) is 0 Å². The standard InChI is InChI=1S/C11H17NO5S2/c1-3-11(2,15)7-12-19(16,17)10-5-4-8(18-10)6-9(13)14/h4-5,12,15H,3,6-7H2,1-2H3,(H,13,14). The van der Waals surface area contributed by atoms with Gasteiger partial charge in [-0.3, -0.25) is 4.79 Å². The van der Waals surface area contributed by atoms with Gasteiger partial charge in [-0.2, -0.15) is 0 Å². The highest BCUT2D eigenvalue weighted by Gasteiger charge is 2.23. The van der Waals surface area contributed by atoms with Crippen LogP contribution in [0.15, 0.2) is 16.3 Å². The van der Waals surface area contributed by atoms with Gasteiger partial charge in [0.15, 0.2) is 0 Å². The zero-order valence-electron chi connectivity index (χ0n) is 10.7. The molecule has 0 amide bonds. The largest absolute Gasteiger partial charge is 0.481 e. The fraction of sp³-hybridized carbons (Fsp3) is 0.545. The van der Waals surface area contributed by atoms with Crippen LogP contribution in [0.1, 0.15) is 25.1 Å². The number of carbonyl (C=O) groups is 1. The molecule has 6 nitrogen and oxygen atoms in total. The first-order chi connectivity index (χ1) is 8.66. The minimum Gasteiger partial charge on any atom is -0.481 e. The quantitative estimate of drug-likeness (QED) is 0.692. The molecule has 0 radical (unpaired) electrons. The predicted octanol–water partition coefficient (Wildman–Crippen LogP) is 0.814. The molecule has 0 bridgehead atoms. The average molecular weight is 307 g/mol. The van der Waals surface area contributed by atoms with E-state index in [1.54, 1.807) is 13.8 Å². The molecule has 0 saturated heterocycles. The van der Waals surface area contributed by atoms with Crippen molar-refractivity contribution in [1.82, 2.24) is 4.72 Å². The van der Waals surface area contributed by atoms with E-state index in [2.05, 4.69) is 4.72 Å². The van der Waals surface area contributed by atoms with E-state index >= 15 is 0 Å². The molecule has 8 heteroatoms. The number of carboxylic acids is 1. The third-order valence-electron chi connectivity index (χ3n) is 2.63. The van der Waals surface area contributed by atoms with Crippen LogP contribution in [0.3, 0.4) is 0 Å². The molecule has 0 aliphatic rings. The Bertz CT molecular complexity index is 547. The predicted molar refractivity (Wildman–Crippen MR) is 71.8 cm³/mol. The van der Waals surface area contributed by atoms with Crippen LogP contribution in [0.25, 0.3) is 0 Å². The number of nitrogens with one attached hydrogen (secondary N) is 1. The monoisotopic (exact) mass is 307 g/mol. The second-order valence-electron chi connectivity index (χ2n) is 4.47. The zero-order chi connectivity index (χ0) is 14.7. The fourth-order valence-electron chi connectivity index (χ4n) is 1.19. The van der Waals surface area contributed by atoms with Crippen LogP contribution in [-0.2, 0) is 21.2 Å². The highest BCUT2D eigenvalue weighted by molar-refractivity contribution is 7.91. The number of hydrogen-bond acceptors (Lipinski definition) is 5. The number of thiophene rings is 1. The average Bonchev–Trinajstić information content (AvgIpc) is 2.75. The molecular formula is C11H17NO5S2. The lowest BCUT2D eigenvalue weighted by Crippen LogP contribution is -2.39. The topological polar surface area (TPSA) is 104 Å². The number of rotatable bonds is 7. The van der Waals surface area contributed by atoms with Crippen molar-refractivity contribution in [1.29, 1.82) is 0 Å². The second kappa shape index (κ2) is 6.00. The van der Waals surface area contributed by atoms with E-state index in [0.29, 0.717) is 11.3 Å². The lowest BCUT2D eigenvalue weighted by Gasteiger charge is -2.21. The summed E-state index contributed by atoms with van der Waals surface area (Å²) >= 11 is 0.913. The van der Waals surface area contributed by atoms with Gasteiger partial charge in [-0.15, -0.1) is 11.3 Å². The minimum absolute atomic E-state index is 0.0515. The molecule has 1 aromatic rings. The van der Waals surface area contributed by atoms with Crippen LogP contribution < -0.4 is 4.72 Å². The van der Waals surface area contributed by atoms with Gasteiger partial charge in [0, 0.05) is 11.4 Å². The van der Waals surface area contributed by atoms with Crippen molar-refractivity contribution in [3.8, 4) is 0 Å². The van der Waals surface area contributed by atoms with Gasteiger partial charge in [-0.25, -0.2) is 13.1 Å². The maximum atomic E-state index is 11.9. The van der Waals surface area contributed by atoms with Gasteiger partial charge in [0.1, 0.15) is 4.21 Å². The maximum absolute atomic E-state index is 11.9. The third-order valence-corrected chi connectivity index (χ3v) is 5.61. The molecule has 0 fully saturated rings. The fourth-order valence-corrected chi connectivity index (χ4v) is 3.75. The molecule has 0 aliphatic heterocycles. The number of aliphatic carboxylic acids is 1. The Labute approximate surface area is 116 Å². The van der Waals surface area contributed by atoms with E-state index in [1.807, 2.05) is 0 Å². The molecule has 1 heterocycles. The van der Waals surface area contributed by atoms with Crippen LogP contribution in [-0.4, -0.2) is 36.7 Å². The van der Waals surface area contributed by atoms with Crippen molar-refractivity contribution in [3.05, 3.63) is 17.0 Å². The molecule has 0 spiro atoms. The molecular weight excluding hydrogens is 290 g/mol.